The Kier molecular flexibility index (Phi) is 8.75. The standard InChI is InChI=1S/C20H30F3N5O/c1-3-9-25-18(29)16-7-5-6-15(11-16)12-26-19(24-4-2)27-17-8-10-28(13-17)14-20(21,22)23/h5-7,11,17H,3-4,8-10,12-14H2,1-2H3,(H,25,29)(H2,24,26,27). The summed E-state index contributed by atoms with van der Waals surface area (Å²) in [6, 6.07) is 7.19. The van der Waals surface area contributed by atoms with Crippen molar-refractivity contribution >= 4 is 11.9 Å². The number of hydrogen-bond acceptors (Lipinski definition) is 3. The average Bonchev–Trinajstić information content (AvgIpc) is 3.09. The van der Waals surface area contributed by atoms with Gasteiger partial charge in [0.25, 0.3) is 5.91 Å². The van der Waals surface area contributed by atoms with Crippen LogP contribution in [0.2, 0.25) is 0 Å². The van der Waals surface area contributed by atoms with Gasteiger partial charge in [-0.25, -0.2) is 4.99 Å². The number of guanidine groups is 1. The van der Waals surface area contributed by atoms with E-state index in [-0.39, 0.29) is 11.9 Å². The molecule has 162 valence electrons. The van der Waals surface area contributed by atoms with Crippen LogP contribution in [0.3, 0.4) is 0 Å². The van der Waals surface area contributed by atoms with Gasteiger partial charge in [0.15, 0.2) is 5.96 Å². The quantitative estimate of drug-likeness (QED) is 0.453. The first-order valence-electron chi connectivity index (χ1n) is 10.0. The summed E-state index contributed by atoms with van der Waals surface area (Å²) in [7, 11) is 0. The minimum atomic E-state index is -4.18. The highest BCUT2D eigenvalue weighted by molar-refractivity contribution is 5.94. The van der Waals surface area contributed by atoms with Crippen LogP contribution in [0.25, 0.3) is 0 Å². The Bertz CT molecular complexity index is 693. The number of rotatable bonds is 8. The predicted molar refractivity (Wildman–Crippen MR) is 108 cm³/mol. The van der Waals surface area contributed by atoms with Crippen molar-refractivity contribution in [2.75, 3.05) is 32.7 Å². The van der Waals surface area contributed by atoms with Gasteiger partial charge in [-0.05, 0) is 37.5 Å². The smallest absolute Gasteiger partial charge is 0.357 e. The molecule has 1 unspecified atom stereocenters. The second kappa shape index (κ2) is 11.0. The van der Waals surface area contributed by atoms with Crippen molar-refractivity contribution in [3.8, 4) is 0 Å². The summed E-state index contributed by atoms with van der Waals surface area (Å²) in [6.45, 7) is 5.41. The maximum absolute atomic E-state index is 12.6. The van der Waals surface area contributed by atoms with Crippen molar-refractivity contribution in [1.82, 2.24) is 20.9 Å². The van der Waals surface area contributed by atoms with E-state index >= 15 is 0 Å². The Morgan fingerprint density at radius 3 is 2.76 bits per heavy atom. The molecule has 1 amide bonds. The second-order valence-corrected chi connectivity index (χ2v) is 7.13. The Labute approximate surface area is 169 Å². The summed E-state index contributed by atoms with van der Waals surface area (Å²) in [4.78, 5) is 18.0. The molecule has 1 aromatic carbocycles. The van der Waals surface area contributed by atoms with E-state index in [2.05, 4.69) is 20.9 Å². The first kappa shape index (κ1) is 23.0. The largest absolute Gasteiger partial charge is 0.401 e. The highest BCUT2D eigenvalue weighted by atomic mass is 19.4. The number of nitrogens with zero attached hydrogens (tertiary/aromatic N) is 2. The first-order chi connectivity index (χ1) is 13.8. The highest BCUT2D eigenvalue weighted by Crippen LogP contribution is 2.20. The molecule has 0 aromatic heterocycles. The van der Waals surface area contributed by atoms with E-state index in [0.29, 0.717) is 50.7 Å². The fraction of sp³-hybridized carbons (Fsp3) is 0.600. The minimum Gasteiger partial charge on any atom is -0.357 e. The van der Waals surface area contributed by atoms with Crippen LogP contribution in [0, 0.1) is 0 Å². The molecule has 0 radical (unpaired) electrons. The number of carbonyl (C=O) groups excluding carboxylic acids is 1. The maximum Gasteiger partial charge on any atom is 0.401 e. The van der Waals surface area contributed by atoms with Gasteiger partial charge in [0.05, 0.1) is 13.1 Å². The molecule has 3 N–H and O–H groups in total. The van der Waals surface area contributed by atoms with Crippen molar-refractivity contribution in [2.24, 2.45) is 4.99 Å². The van der Waals surface area contributed by atoms with Gasteiger partial charge in [0.2, 0.25) is 0 Å². The maximum atomic E-state index is 12.6. The van der Waals surface area contributed by atoms with Gasteiger partial charge < -0.3 is 16.0 Å². The molecule has 1 fully saturated rings. The number of alkyl halides is 3. The van der Waals surface area contributed by atoms with Crippen LogP contribution in [0.4, 0.5) is 13.2 Å². The molecule has 1 aliphatic heterocycles. The van der Waals surface area contributed by atoms with E-state index in [9.17, 15) is 18.0 Å². The fourth-order valence-corrected chi connectivity index (χ4v) is 3.18. The summed E-state index contributed by atoms with van der Waals surface area (Å²) < 4.78 is 37.7. The van der Waals surface area contributed by atoms with Crippen LogP contribution in [-0.2, 0) is 6.54 Å². The Hall–Kier alpha value is -2.29. The Balaban J connectivity index is 1.95. The lowest BCUT2D eigenvalue weighted by Crippen LogP contribution is -2.45. The monoisotopic (exact) mass is 413 g/mol. The Morgan fingerprint density at radius 1 is 1.28 bits per heavy atom. The number of aliphatic imine (C=N–C) groups is 1. The van der Waals surface area contributed by atoms with Gasteiger partial charge in [-0.2, -0.15) is 13.2 Å². The molecule has 1 heterocycles. The van der Waals surface area contributed by atoms with Crippen molar-refractivity contribution in [3.63, 3.8) is 0 Å². The third-order valence-corrected chi connectivity index (χ3v) is 4.50. The van der Waals surface area contributed by atoms with Crippen molar-refractivity contribution < 1.29 is 18.0 Å². The van der Waals surface area contributed by atoms with Gasteiger partial charge in [-0.3, -0.25) is 9.69 Å². The molecule has 1 aliphatic rings. The normalized spacial score (nSPS) is 18.0. The van der Waals surface area contributed by atoms with Crippen LogP contribution in [0.15, 0.2) is 29.3 Å². The number of halogens is 3. The summed E-state index contributed by atoms with van der Waals surface area (Å²) in [5.41, 5.74) is 1.47. The number of nitrogens with one attached hydrogen (secondary N) is 3. The molecule has 29 heavy (non-hydrogen) atoms. The van der Waals surface area contributed by atoms with Crippen LogP contribution in [0.5, 0.6) is 0 Å². The molecule has 1 atom stereocenters. The third kappa shape index (κ3) is 8.31. The van der Waals surface area contributed by atoms with Crippen LogP contribution < -0.4 is 16.0 Å². The third-order valence-electron chi connectivity index (χ3n) is 4.50. The van der Waals surface area contributed by atoms with E-state index < -0.39 is 12.7 Å². The molecule has 0 bridgehead atoms. The number of hydrogen-bond donors (Lipinski definition) is 3. The predicted octanol–water partition coefficient (Wildman–Crippen LogP) is 2.52. The molecule has 1 aromatic rings. The average molecular weight is 413 g/mol. The fourth-order valence-electron chi connectivity index (χ4n) is 3.18. The zero-order valence-corrected chi connectivity index (χ0v) is 17.0. The van der Waals surface area contributed by atoms with Gasteiger partial charge in [0.1, 0.15) is 0 Å². The van der Waals surface area contributed by atoms with E-state index in [4.69, 9.17) is 0 Å². The lowest BCUT2D eigenvalue weighted by molar-refractivity contribution is -0.143. The molecule has 6 nitrogen and oxygen atoms in total. The number of carbonyl (C=O) groups is 1. The summed E-state index contributed by atoms with van der Waals surface area (Å²) in [6.07, 6.45) is -2.68. The van der Waals surface area contributed by atoms with E-state index in [1.54, 1.807) is 12.1 Å². The molecule has 9 heteroatoms. The zero-order valence-electron chi connectivity index (χ0n) is 17.0. The molecular weight excluding hydrogens is 383 g/mol. The van der Waals surface area contributed by atoms with E-state index in [0.717, 1.165) is 12.0 Å². The van der Waals surface area contributed by atoms with Gasteiger partial charge in [-0.1, -0.05) is 19.1 Å². The van der Waals surface area contributed by atoms with Crippen molar-refractivity contribution in [2.45, 2.75) is 45.5 Å². The first-order valence-corrected chi connectivity index (χ1v) is 10.0. The molecule has 1 saturated heterocycles. The second-order valence-electron chi connectivity index (χ2n) is 7.13. The van der Waals surface area contributed by atoms with Gasteiger partial charge in [-0.15, -0.1) is 0 Å². The molecule has 0 aliphatic carbocycles. The highest BCUT2D eigenvalue weighted by Gasteiger charge is 2.34. The molecular formula is C20H30F3N5O. The Morgan fingerprint density at radius 2 is 2.07 bits per heavy atom. The van der Waals surface area contributed by atoms with Crippen LogP contribution >= 0.6 is 0 Å². The van der Waals surface area contributed by atoms with Crippen molar-refractivity contribution in [1.29, 1.82) is 0 Å². The number of amides is 1. The SMILES string of the molecule is CCCNC(=O)c1cccc(CN=C(NCC)NC2CCN(CC(F)(F)F)C2)c1. The lowest BCUT2D eigenvalue weighted by atomic mass is 10.1. The van der Waals surface area contributed by atoms with Crippen LogP contribution in [-0.4, -0.2) is 61.7 Å². The molecule has 2 rings (SSSR count). The summed E-state index contributed by atoms with van der Waals surface area (Å²) in [5, 5.41) is 9.19. The summed E-state index contributed by atoms with van der Waals surface area (Å²) in [5.74, 6) is 0.450. The minimum absolute atomic E-state index is 0.0821. The lowest BCUT2D eigenvalue weighted by Gasteiger charge is -2.19. The number of likely N-dealkylation sites (tertiary alicyclic amines) is 1. The summed E-state index contributed by atoms with van der Waals surface area (Å²) >= 11 is 0. The number of benzene rings is 1. The molecule has 0 spiro atoms. The zero-order chi connectivity index (χ0) is 21.3. The van der Waals surface area contributed by atoms with Crippen molar-refractivity contribution in [3.05, 3.63) is 35.4 Å². The van der Waals surface area contributed by atoms with Crippen LogP contribution in [0.1, 0.15) is 42.6 Å². The molecule has 0 saturated carbocycles. The van der Waals surface area contributed by atoms with E-state index in [1.807, 2.05) is 26.0 Å². The van der Waals surface area contributed by atoms with Gasteiger partial charge in [0, 0.05) is 37.8 Å². The topological polar surface area (TPSA) is 68.8 Å². The van der Waals surface area contributed by atoms with Gasteiger partial charge >= 0.3 is 6.18 Å². The van der Waals surface area contributed by atoms with E-state index in [1.165, 1.54) is 4.90 Å².